The lowest BCUT2D eigenvalue weighted by atomic mass is 10.2. The maximum atomic E-state index is 12.8. The summed E-state index contributed by atoms with van der Waals surface area (Å²) < 4.78 is 38.5. The van der Waals surface area contributed by atoms with Crippen LogP contribution in [0.25, 0.3) is 0 Å². The predicted octanol–water partition coefficient (Wildman–Crippen LogP) is 3.36. The molecule has 0 bridgehead atoms. The second-order valence-electron chi connectivity index (χ2n) is 4.10. The first-order chi connectivity index (χ1) is 9.49. The highest BCUT2D eigenvalue weighted by molar-refractivity contribution is 7.09. The van der Waals surface area contributed by atoms with Crippen molar-refractivity contribution in [2.75, 3.05) is 11.9 Å². The molecule has 108 valence electrons. The van der Waals surface area contributed by atoms with Crippen LogP contribution in [0, 0.1) is 0 Å². The molecule has 0 spiro atoms. The molecule has 0 unspecified atom stereocenters. The van der Waals surface area contributed by atoms with Gasteiger partial charge in [0.05, 0.1) is 10.7 Å². The second kappa shape index (κ2) is 6.17. The molecule has 0 aliphatic rings. The van der Waals surface area contributed by atoms with Crippen LogP contribution in [-0.4, -0.2) is 21.5 Å². The van der Waals surface area contributed by atoms with Crippen LogP contribution in [0.2, 0.25) is 0 Å². The smallest absolute Gasteiger partial charge is 0.354 e. The number of hydrogen-bond donors (Lipinski definition) is 1. The van der Waals surface area contributed by atoms with Gasteiger partial charge in [-0.3, -0.25) is 0 Å². The van der Waals surface area contributed by atoms with E-state index in [-0.39, 0.29) is 12.4 Å². The van der Waals surface area contributed by atoms with Gasteiger partial charge in [-0.05, 0) is 12.5 Å². The monoisotopic (exact) mass is 302 g/mol. The summed E-state index contributed by atoms with van der Waals surface area (Å²) in [5, 5.41) is 5.28. The van der Waals surface area contributed by atoms with Gasteiger partial charge in [0.15, 0.2) is 0 Å². The van der Waals surface area contributed by atoms with Crippen LogP contribution < -0.4 is 5.32 Å². The van der Waals surface area contributed by atoms with Gasteiger partial charge in [0, 0.05) is 24.5 Å². The largest absolute Gasteiger partial charge is 0.433 e. The van der Waals surface area contributed by atoms with E-state index in [0.29, 0.717) is 12.2 Å². The average Bonchev–Trinajstić information content (AvgIpc) is 2.88. The van der Waals surface area contributed by atoms with Crippen LogP contribution in [0.15, 0.2) is 17.6 Å². The average molecular weight is 302 g/mol. The van der Waals surface area contributed by atoms with Crippen LogP contribution in [0.1, 0.15) is 29.7 Å². The Morgan fingerprint density at radius 3 is 2.70 bits per heavy atom. The molecule has 0 fully saturated rings. The molecule has 1 N–H and O–H groups in total. The van der Waals surface area contributed by atoms with Gasteiger partial charge in [-0.1, -0.05) is 6.92 Å². The van der Waals surface area contributed by atoms with Crippen LogP contribution in [0.5, 0.6) is 0 Å². The van der Waals surface area contributed by atoms with Gasteiger partial charge in [0.2, 0.25) is 5.95 Å². The molecule has 0 amide bonds. The summed E-state index contributed by atoms with van der Waals surface area (Å²) in [5.41, 5.74) is -0.626. The van der Waals surface area contributed by atoms with Crippen molar-refractivity contribution in [1.82, 2.24) is 15.0 Å². The molecule has 20 heavy (non-hydrogen) atoms. The van der Waals surface area contributed by atoms with E-state index in [9.17, 15) is 13.2 Å². The third kappa shape index (κ3) is 3.89. The number of anilines is 1. The van der Waals surface area contributed by atoms with Crippen LogP contribution in [0.3, 0.4) is 0 Å². The van der Waals surface area contributed by atoms with Crippen LogP contribution in [-0.2, 0) is 12.6 Å². The number of nitrogens with zero attached hydrogens (tertiary/aromatic N) is 3. The number of aromatic nitrogens is 3. The topological polar surface area (TPSA) is 50.7 Å². The number of halogens is 3. The molecule has 0 aliphatic heterocycles. The SMILES string of the molecule is CCCNc1nc(Cc2nccs2)cc(C(F)(F)F)n1. The van der Waals surface area contributed by atoms with E-state index >= 15 is 0 Å². The lowest BCUT2D eigenvalue weighted by molar-refractivity contribution is -0.141. The van der Waals surface area contributed by atoms with Crippen molar-refractivity contribution in [3.05, 3.63) is 34.0 Å². The molecule has 8 heteroatoms. The fourth-order valence-corrected chi connectivity index (χ4v) is 2.18. The first-order valence-electron chi connectivity index (χ1n) is 6.06. The molecular weight excluding hydrogens is 289 g/mol. The third-order valence-electron chi connectivity index (χ3n) is 2.42. The molecule has 0 aliphatic carbocycles. The van der Waals surface area contributed by atoms with Gasteiger partial charge in [-0.25, -0.2) is 15.0 Å². The molecule has 2 aromatic rings. The van der Waals surface area contributed by atoms with Crippen molar-refractivity contribution in [3.8, 4) is 0 Å². The van der Waals surface area contributed by atoms with Crippen molar-refractivity contribution in [1.29, 1.82) is 0 Å². The van der Waals surface area contributed by atoms with E-state index in [4.69, 9.17) is 0 Å². The quantitative estimate of drug-likeness (QED) is 0.920. The molecule has 2 aromatic heterocycles. The van der Waals surface area contributed by atoms with E-state index < -0.39 is 11.9 Å². The fourth-order valence-electron chi connectivity index (χ4n) is 1.54. The van der Waals surface area contributed by atoms with Crippen LogP contribution >= 0.6 is 11.3 Å². The van der Waals surface area contributed by atoms with Gasteiger partial charge in [-0.15, -0.1) is 11.3 Å². The molecule has 2 rings (SSSR count). The first kappa shape index (κ1) is 14.7. The van der Waals surface area contributed by atoms with E-state index in [0.717, 1.165) is 17.5 Å². The first-order valence-corrected chi connectivity index (χ1v) is 6.94. The minimum atomic E-state index is -4.48. The zero-order valence-corrected chi connectivity index (χ0v) is 11.6. The van der Waals surface area contributed by atoms with Crippen molar-refractivity contribution >= 4 is 17.3 Å². The molecule has 0 saturated carbocycles. The van der Waals surface area contributed by atoms with Gasteiger partial charge in [-0.2, -0.15) is 13.2 Å². The maximum absolute atomic E-state index is 12.8. The summed E-state index contributed by atoms with van der Waals surface area (Å²) in [5.74, 6) is 0.00762. The normalized spacial score (nSPS) is 11.6. The molecule has 2 heterocycles. The Kier molecular flexibility index (Phi) is 4.53. The summed E-state index contributed by atoms with van der Waals surface area (Å²) in [6, 6.07) is 0.971. The van der Waals surface area contributed by atoms with Crippen molar-refractivity contribution < 1.29 is 13.2 Å². The minimum absolute atomic E-state index is 0.00762. The predicted molar refractivity (Wildman–Crippen MR) is 70.7 cm³/mol. The Bertz CT molecular complexity index is 554. The number of alkyl halides is 3. The zero-order chi connectivity index (χ0) is 14.6. The van der Waals surface area contributed by atoms with E-state index in [1.807, 2.05) is 6.92 Å². The zero-order valence-electron chi connectivity index (χ0n) is 10.7. The lowest BCUT2D eigenvalue weighted by Crippen LogP contribution is -2.14. The Balaban J connectivity index is 2.29. The molecular formula is C12H13F3N4S. The summed E-state index contributed by atoms with van der Waals surface area (Å²) in [7, 11) is 0. The highest BCUT2D eigenvalue weighted by Gasteiger charge is 2.33. The minimum Gasteiger partial charge on any atom is -0.354 e. The molecule has 0 atom stereocenters. The number of hydrogen-bond acceptors (Lipinski definition) is 5. The third-order valence-corrected chi connectivity index (χ3v) is 3.20. The van der Waals surface area contributed by atoms with Crippen molar-refractivity contribution in [2.24, 2.45) is 0 Å². The summed E-state index contributed by atoms with van der Waals surface area (Å²) >= 11 is 1.38. The maximum Gasteiger partial charge on any atom is 0.433 e. The standard InChI is InChI=1S/C12H13F3N4S/c1-2-3-17-11-18-8(7-10-16-4-5-20-10)6-9(19-11)12(13,14)15/h4-6H,2-3,7H2,1H3,(H,17,18,19). The Morgan fingerprint density at radius 2 is 2.10 bits per heavy atom. The highest BCUT2D eigenvalue weighted by Crippen LogP contribution is 2.29. The van der Waals surface area contributed by atoms with Gasteiger partial charge in [0.25, 0.3) is 0 Å². The second-order valence-corrected chi connectivity index (χ2v) is 5.07. The number of thiazole rings is 1. The van der Waals surface area contributed by atoms with Crippen molar-refractivity contribution in [2.45, 2.75) is 25.9 Å². The van der Waals surface area contributed by atoms with E-state index in [1.54, 1.807) is 11.6 Å². The van der Waals surface area contributed by atoms with Gasteiger partial charge in [0.1, 0.15) is 5.69 Å². The van der Waals surface area contributed by atoms with Gasteiger partial charge >= 0.3 is 6.18 Å². The summed E-state index contributed by atoms with van der Waals surface area (Å²) in [4.78, 5) is 11.7. The molecule has 0 radical (unpaired) electrons. The Labute approximate surface area is 118 Å². The molecule has 0 aromatic carbocycles. The Morgan fingerprint density at radius 1 is 1.30 bits per heavy atom. The fraction of sp³-hybridized carbons (Fsp3) is 0.417. The Hall–Kier alpha value is -1.70. The molecule has 0 saturated heterocycles. The number of nitrogens with one attached hydrogen (secondary N) is 1. The lowest BCUT2D eigenvalue weighted by Gasteiger charge is -2.10. The van der Waals surface area contributed by atoms with Crippen molar-refractivity contribution in [3.63, 3.8) is 0 Å². The molecule has 4 nitrogen and oxygen atoms in total. The van der Waals surface area contributed by atoms with E-state index in [2.05, 4.69) is 20.3 Å². The highest BCUT2D eigenvalue weighted by atomic mass is 32.1. The summed E-state index contributed by atoms with van der Waals surface area (Å²) in [6.45, 7) is 2.44. The van der Waals surface area contributed by atoms with E-state index in [1.165, 1.54) is 11.3 Å². The number of rotatable bonds is 5. The van der Waals surface area contributed by atoms with Crippen LogP contribution in [0.4, 0.5) is 19.1 Å². The summed E-state index contributed by atoms with van der Waals surface area (Å²) in [6.07, 6.45) is -1.82. The van der Waals surface area contributed by atoms with Gasteiger partial charge < -0.3 is 5.32 Å².